The molecular formula is C30H40N2O7. The standard InChI is InChI=1S/C30H40N2O7/c1-37-14-6-7-22-17-23(19-26(18-22)39-16-15-38-2)20-32(25-10-11-25)28(33)27-21-31(29(34)35)13-12-30(27,36)24-8-4-3-5-9-24/h3-5,8-9,17-19,25,27,36H,6-7,10-16,20-21H2,1-2H3,(H,34,35)/t27-,30+/m1/s1. The molecule has 2 aliphatic rings. The first-order valence-corrected chi connectivity index (χ1v) is 13.7. The minimum Gasteiger partial charge on any atom is -0.491 e. The molecule has 2 aromatic carbocycles. The predicted octanol–water partition coefficient (Wildman–Crippen LogP) is 3.67. The van der Waals surface area contributed by atoms with Gasteiger partial charge in [-0.15, -0.1) is 0 Å². The number of hydrogen-bond donors (Lipinski definition) is 2. The molecule has 2 amide bonds. The predicted molar refractivity (Wildman–Crippen MR) is 146 cm³/mol. The summed E-state index contributed by atoms with van der Waals surface area (Å²) in [6.07, 6.45) is 2.52. The smallest absolute Gasteiger partial charge is 0.407 e. The van der Waals surface area contributed by atoms with Crippen LogP contribution < -0.4 is 4.74 Å². The summed E-state index contributed by atoms with van der Waals surface area (Å²) in [4.78, 5) is 29.1. The van der Waals surface area contributed by atoms with Gasteiger partial charge < -0.3 is 34.2 Å². The fraction of sp³-hybridized carbons (Fsp3) is 0.533. The Morgan fingerprint density at radius 2 is 1.74 bits per heavy atom. The van der Waals surface area contributed by atoms with E-state index in [1.165, 1.54) is 4.90 Å². The Kier molecular flexibility index (Phi) is 9.83. The Labute approximate surface area is 230 Å². The molecule has 1 saturated carbocycles. The number of benzene rings is 2. The first-order valence-electron chi connectivity index (χ1n) is 13.7. The van der Waals surface area contributed by atoms with Crippen molar-refractivity contribution in [3.05, 3.63) is 65.2 Å². The van der Waals surface area contributed by atoms with Gasteiger partial charge >= 0.3 is 6.09 Å². The van der Waals surface area contributed by atoms with E-state index in [1.54, 1.807) is 14.2 Å². The SMILES string of the molecule is COCCCc1cc(CN(C(=O)[C@H]2CN(C(=O)O)CC[C@]2(O)c2ccccc2)C2CC2)cc(OCCOC)c1. The zero-order valence-electron chi connectivity index (χ0n) is 22.9. The van der Waals surface area contributed by atoms with Crippen LogP contribution >= 0.6 is 0 Å². The van der Waals surface area contributed by atoms with Crippen molar-refractivity contribution < 1.29 is 34.0 Å². The van der Waals surface area contributed by atoms with Gasteiger partial charge in [-0.3, -0.25) is 4.79 Å². The van der Waals surface area contributed by atoms with Gasteiger partial charge in [0, 0.05) is 46.5 Å². The lowest BCUT2D eigenvalue weighted by atomic mass is 9.75. The number of aliphatic hydroxyl groups is 1. The maximum absolute atomic E-state index is 14.2. The van der Waals surface area contributed by atoms with Crippen molar-refractivity contribution in [2.75, 3.05) is 47.1 Å². The summed E-state index contributed by atoms with van der Waals surface area (Å²) in [6.45, 7) is 2.01. The topological polar surface area (TPSA) is 109 Å². The van der Waals surface area contributed by atoms with Crippen LogP contribution in [0, 0.1) is 5.92 Å². The minimum absolute atomic E-state index is 0.0504. The third-order valence-electron chi connectivity index (χ3n) is 7.60. The van der Waals surface area contributed by atoms with Crippen LogP contribution in [-0.2, 0) is 32.8 Å². The highest BCUT2D eigenvalue weighted by molar-refractivity contribution is 5.82. The quantitative estimate of drug-likeness (QED) is 0.373. The fourth-order valence-corrected chi connectivity index (χ4v) is 5.35. The van der Waals surface area contributed by atoms with Gasteiger partial charge in [-0.25, -0.2) is 4.79 Å². The Hall–Kier alpha value is -3.14. The van der Waals surface area contributed by atoms with E-state index in [4.69, 9.17) is 14.2 Å². The number of rotatable bonds is 13. The molecule has 1 aliphatic carbocycles. The van der Waals surface area contributed by atoms with E-state index < -0.39 is 17.6 Å². The van der Waals surface area contributed by atoms with Crippen LogP contribution in [0.15, 0.2) is 48.5 Å². The van der Waals surface area contributed by atoms with Crippen LogP contribution in [0.25, 0.3) is 0 Å². The number of carbonyl (C=O) groups is 2. The largest absolute Gasteiger partial charge is 0.491 e. The Morgan fingerprint density at radius 3 is 2.41 bits per heavy atom. The molecule has 9 nitrogen and oxygen atoms in total. The zero-order chi connectivity index (χ0) is 27.8. The van der Waals surface area contributed by atoms with Crippen molar-refractivity contribution >= 4 is 12.0 Å². The highest BCUT2D eigenvalue weighted by atomic mass is 16.5. The van der Waals surface area contributed by atoms with Gasteiger partial charge in [0.2, 0.25) is 5.91 Å². The van der Waals surface area contributed by atoms with Crippen LogP contribution in [-0.4, -0.2) is 85.2 Å². The van der Waals surface area contributed by atoms with Gasteiger partial charge in [0.15, 0.2) is 0 Å². The number of ether oxygens (including phenoxy) is 3. The second-order valence-corrected chi connectivity index (χ2v) is 10.4. The first kappa shape index (κ1) is 28.9. The molecule has 0 bridgehead atoms. The normalized spacial score (nSPS) is 21.0. The summed E-state index contributed by atoms with van der Waals surface area (Å²) in [5.41, 5.74) is 1.22. The third-order valence-corrected chi connectivity index (χ3v) is 7.60. The van der Waals surface area contributed by atoms with Crippen molar-refractivity contribution in [3.8, 4) is 5.75 Å². The Morgan fingerprint density at radius 1 is 1.03 bits per heavy atom. The number of nitrogens with zero attached hydrogens (tertiary/aromatic N) is 2. The number of piperidine rings is 1. The number of amides is 2. The highest BCUT2D eigenvalue weighted by Gasteiger charge is 2.50. The molecule has 2 aromatic rings. The lowest BCUT2D eigenvalue weighted by Crippen LogP contribution is -2.57. The maximum Gasteiger partial charge on any atom is 0.407 e. The molecule has 4 rings (SSSR count). The second-order valence-electron chi connectivity index (χ2n) is 10.4. The van der Waals surface area contributed by atoms with Gasteiger partial charge in [0.1, 0.15) is 18.0 Å². The number of aryl methyl sites for hydroxylation is 1. The molecule has 39 heavy (non-hydrogen) atoms. The van der Waals surface area contributed by atoms with E-state index in [0.29, 0.717) is 31.9 Å². The molecule has 1 aliphatic heterocycles. The number of hydrogen-bond acceptors (Lipinski definition) is 6. The number of carboxylic acid groups (broad SMARTS) is 1. The summed E-state index contributed by atoms with van der Waals surface area (Å²) < 4.78 is 16.3. The minimum atomic E-state index is -1.45. The van der Waals surface area contributed by atoms with Crippen LogP contribution in [0.3, 0.4) is 0 Å². The highest BCUT2D eigenvalue weighted by Crippen LogP contribution is 2.41. The summed E-state index contributed by atoms with van der Waals surface area (Å²) in [7, 11) is 3.31. The molecule has 9 heteroatoms. The molecular weight excluding hydrogens is 500 g/mol. The molecule has 0 radical (unpaired) electrons. The molecule has 0 spiro atoms. The van der Waals surface area contributed by atoms with Gasteiger partial charge in [0.25, 0.3) is 0 Å². The maximum atomic E-state index is 14.2. The van der Waals surface area contributed by atoms with Gasteiger partial charge in [-0.2, -0.15) is 0 Å². The van der Waals surface area contributed by atoms with Crippen LogP contribution in [0.4, 0.5) is 4.79 Å². The third kappa shape index (κ3) is 7.29. The van der Waals surface area contributed by atoms with Crippen LogP contribution in [0.2, 0.25) is 0 Å². The summed E-state index contributed by atoms with van der Waals surface area (Å²) in [5, 5.41) is 21.6. The van der Waals surface area contributed by atoms with E-state index in [1.807, 2.05) is 47.4 Å². The van der Waals surface area contributed by atoms with Crippen molar-refractivity contribution in [1.29, 1.82) is 0 Å². The second kappa shape index (κ2) is 13.3. The van der Waals surface area contributed by atoms with Gasteiger partial charge in [-0.05, 0) is 60.9 Å². The molecule has 1 saturated heterocycles. The molecule has 212 valence electrons. The Bertz CT molecular complexity index is 1080. The van der Waals surface area contributed by atoms with E-state index >= 15 is 0 Å². The summed E-state index contributed by atoms with van der Waals surface area (Å²) in [5.74, 6) is -0.412. The molecule has 1 heterocycles. The molecule has 2 atom stereocenters. The summed E-state index contributed by atoms with van der Waals surface area (Å²) >= 11 is 0. The number of carbonyl (C=O) groups excluding carboxylic acids is 1. The average molecular weight is 541 g/mol. The molecule has 2 N–H and O–H groups in total. The van der Waals surface area contributed by atoms with Crippen molar-refractivity contribution in [2.24, 2.45) is 5.92 Å². The molecule has 2 fully saturated rings. The molecule has 0 aromatic heterocycles. The van der Waals surface area contributed by atoms with Gasteiger partial charge in [-0.1, -0.05) is 36.4 Å². The van der Waals surface area contributed by atoms with E-state index in [-0.39, 0.29) is 31.5 Å². The van der Waals surface area contributed by atoms with Crippen molar-refractivity contribution in [3.63, 3.8) is 0 Å². The number of methoxy groups -OCH3 is 2. The van der Waals surface area contributed by atoms with Crippen molar-refractivity contribution in [2.45, 2.75) is 50.3 Å². The van der Waals surface area contributed by atoms with Crippen LogP contribution in [0.1, 0.15) is 42.4 Å². The van der Waals surface area contributed by atoms with Crippen molar-refractivity contribution in [1.82, 2.24) is 9.80 Å². The number of likely N-dealkylation sites (tertiary alicyclic amines) is 1. The van der Waals surface area contributed by atoms with E-state index in [2.05, 4.69) is 6.07 Å². The lowest BCUT2D eigenvalue weighted by Gasteiger charge is -2.45. The average Bonchev–Trinajstić information content (AvgIpc) is 3.78. The van der Waals surface area contributed by atoms with E-state index in [0.717, 1.165) is 42.6 Å². The zero-order valence-corrected chi connectivity index (χ0v) is 22.9. The monoisotopic (exact) mass is 540 g/mol. The Balaban J connectivity index is 1.62. The summed E-state index contributed by atoms with van der Waals surface area (Å²) in [6, 6.07) is 15.3. The lowest BCUT2D eigenvalue weighted by molar-refractivity contribution is -0.154. The first-order chi connectivity index (χ1) is 18.9. The fourth-order valence-electron chi connectivity index (χ4n) is 5.35. The van der Waals surface area contributed by atoms with E-state index in [9.17, 15) is 19.8 Å². The van der Waals surface area contributed by atoms with Gasteiger partial charge in [0.05, 0.1) is 12.5 Å². The molecule has 0 unspecified atom stereocenters. The van der Waals surface area contributed by atoms with Crippen LogP contribution in [0.5, 0.6) is 5.75 Å².